The van der Waals surface area contributed by atoms with Gasteiger partial charge in [0, 0.05) is 17.1 Å². The van der Waals surface area contributed by atoms with Crippen LogP contribution < -0.4 is 20.3 Å². The summed E-state index contributed by atoms with van der Waals surface area (Å²) >= 11 is 0. The zero-order valence-electron chi connectivity index (χ0n) is 15.4. The van der Waals surface area contributed by atoms with E-state index < -0.39 is 0 Å². The summed E-state index contributed by atoms with van der Waals surface area (Å²) in [6, 6.07) is 14.3. The quantitative estimate of drug-likeness (QED) is 0.671. The molecule has 27 heavy (non-hydrogen) atoms. The van der Waals surface area contributed by atoms with Crippen LogP contribution in [0.3, 0.4) is 0 Å². The Hall–Kier alpha value is -3.28. The number of fused-ring (bicyclic) bond motifs is 1. The van der Waals surface area contributed by atoms with Gasteiger partial charge in [0.15, 0.2) is 18.1 Å². The van der Waals surface area contributed by atoms with E-state index in [0.717, 1.165) is 23.8 Å². The minimum absolute atomic E-state index is 0.145. The fourth-order valence-corrected chi connectivity index (χ4v) is 2.96. The number of methoxy groups -OCH3 is 1. The second-order valence-corrected chi connectivity index (χ2v) is 6.16. The molecule has 0 saturated carbocycles. The average Bonchev–Trinajstić information content (AvgIpc) is 2.66. The third-order valence-electron chi connectivity index (χ3n) is 4.16. The summed E-state index contributed by atoms with van der Waals surface area (Å²) in [5, 5.41) is 3.77. The third-order valence-corrected chi connectivity index (χ3v) is 4.16. The molecule has 6 nitrogen and oxygen atoms in total. The van der Waals surface area contributed by atoms with E-state index in [0.29, 0.717) is 22.7 Å². The van der Waals surface area contributed by atoms with E-state index in [9.17, 15) is 9.59 Å². The van der Waals surface area contributed by atoms with Gasteiger partial charge in [0.25, 0.3) is 5.91 Å². The molecule has 3 rings (SSSR count). The van der Waals surface area contributed by atoms with Gasteiger partial charge in [-0.05, 0) is 36.2 Å². The number of H-pyrrole nitrogens is 1. The lowest BCUT2D eigenvalue weighted by Gasteiger charge is -2.11. The number of hydrogen-bond donors (Lipinski definition) is 2. The summed E-state index contributed by atoms with van der Waals surface area (Å²) < 4.78 is 10.7. The van der Waals surface area contributed by atoms with Crippen molar-refractivity contribution in [3.8, 4) is 11.5 Å². The maximum absolute atomic E-state index is 12.2. The van der Waals surface area contributed by atoms with Crippen LogP contribution in [0.15, 0.2) is 53.3 Å². The minimum atomic E-state index is -0.299. The monoisotopic (exact) mass is 366 g/mol. The number of para-hydroxylation sites is 2. The van der Waals surface area contributed by atoms with Crippen molar-refractivity contribution >= 4 is 22.5 Å². The number of hydrogen-bond acceptors (Lipinski definition) is 4. The van der Waals surface area contributed by atoms with Crippen molar-refractivity contribution in [2.75, 3.05) is 19.0 Å². The molecule has 3 aromatic rings. The molecule has 0 unspecified atom stereocenters. The van der Waals surface area contributed by atoms with Crippen molar-refractivity contribution in [1.29, 1.82) is 0 Å². The van der Waals surface area contributed by atoms with E-state index in [4.69, 9.17) is 9.47 Å². The zero-order valence-corrected chi connectivity index (χ0v) is 15.4. The lowest BCUT2D eigenvalue weighted by molar-refractivity contribution is -0.118. The molecule has 0 atom stereocenters. The van der Waals surface area contributed by atoms with Gasteiger partial charge in [-0.2, -0.15) is 0 Å². The Kier molecular flexibility index (Phi) is 5.76. The number of aromatic nitrogens is 1. The number of ether oxygens (including phenoxy) is 2. The van der Waals surface area contributed by atoms with Crippen LogP contribution in [0.5, 0.6) is 11.5 Å². The van der Waals surface area contributed by atoms with Crippen molar-refractivity contribution in [2.45, 2.75) is 19.8 Å². The second kappa shape index (κ2) is 8.40. The van der Waals surface area contributed by atoms with Gasteiger partial charge in [0.1, 0.15) is 0 Å². The number of carbonyl (C=O) groups excluding carboxylic acids is 1. The van der Waals surface area contributed by atoms with Gasteiger partial charge in [-0.3, -0.25) is 9.59 Å². The molecule has 1 aromatic heterocycles. The molecule has 140 valence electrons. The van der Waals surface area contributed by atoms with Crippen LogP contribution in [0, 0.1) is 0 Å². The summed E-state index contributed by atoms with van der Waals surface area (Å²) in [6.07, 6.45) is 1.79. The topological polar surface area (TPSA) is 80.4 Å². The first-order valence-electron chi connectivity index (χ1n) is 8.82. The molecule has 2 N–H and O–H groups in total. The molecule has 0 fully saturated rings. The van der Waals surface area contributed by atoms with E-state index in [1.807, 2.05) is 24.3 Å². The average molecular weight is 366 g/mol. The standard InChI is InChI=1S/C21H22N2O4/c1-3-6-14-11-20(24)23-17-12-15(9-10-16(14)17)22-21(25)13-27-19-8-5-4-7-18(19)26-2/h4-5,7-12H,3,6,13H2,1-2H3,(H,22,25)(H,23,24). The molecule has 2 aromatic carbocycles. The molecular formula is C21H22N2O4. The van der Waals surface area contributed by atoms with E-state index in [2.05, 4.69) is 17.2 Å². The molecule has 1 amide bonds. The predicted molar refractivity (Wildman–Crippen MR) is 106 cm³/mol. The molecule has 1 heterocycles. The van der Waals surface area contributed by atoms with Crippen molar-refractivity contribution in [3.63, 3.8) is 0 Å². The first-order chi connectivity index (χ1) is 13.1. The molecular weight excluding hydrogens is 344 g/mol. The second-order valence-electron chi connectivity index (χ2n) is 6.16. The summed E-state index contributed by atoms with van der Waals surface area (Å²) in [7, 11) is 1.55. The molecule has 0 aliphatic carbocycles. The molecule has 0 aliphatic heterocycles. The number of pyridine rings is 1. The van der Waals surface area contributed by atoms with Crippen molar-refractivity contribution in [1.82, 2.24) is 4.98 Å². The highest BCUT2D eigenvalue weighted by molar-refractivity contribution is 5.94. The van der Waals surface area contributed by atoms with Crippen LogP contribution in [-0.4, -0.2) is 24.6 Å². The summed E-state index contributed by atoms with van der Waals surface area (Å²) in [4.78, 5) is 26.9. The number of aromatic amines is 1. The first-order valence-corrected chi connectivity index (χ1v) is 8.82. The number of amides is 1. The van der Waals surface area contributed by atoms with Gasteiger partial charge in [-0.25, -0.2) is 0 Å². The van der Waals surface area contributed by atoms with Crippen LogP contribution >= 0.6 is 0 Å². The number of nitrogens with one attached hydrogen (secondary N) is 2. The Bertz CT molecular complexity index is 1010. The SMILES string of the molecule is CCCc1cc(=O)[nH]c2cc(NC(=O)COc3ccccc3OC)ccc12. The maximum Gasteiger partial charge on any atom is 0.262 e. The molecule has 0 aliphatic rings. The van der Waals surface area contributed by atoms with E-state index in [-0.39, 0.29) is 18.1 Å². The van der Waals surface area contributed by atoms with Crippen LogP contribution in [0.1, 0.15) is 18.9 Å². The number of anilines is 1. The van der Waals surface area contributed by atoms with Gasteiger partial charge >= 0.3 is 0 Å². The first kappa shape index (κ1) is 18.5. The van der Waals surface area contributed by atoms with Crippen molar-refractivity contribution in [3.05, 3.63) is 64.4 Å². The molecule has 6 heteroatoms. The maximum atomic E-state index is 12.2. The fraction of sp³-hybridized carbons (Fsp3) is 0.238. The van der Waals surface area contributed by atoms with Gasteiger partial charge in [0.05, 0.1) is 12.6 Å². The van der Waals surface area contributed by atoms with Gasteiger partial charge < -0.3 is 19.8 Å². The van der Waals surface area contributed by atoms with E-state index >= 15 is 0 Å². The van der Waals surface area contributed by atoms with Crippen LogP contribution in [0.4, 0.5) is 5.69 Å². The van der Waals surface area contributed by atoms with Gasteiger partial charge in [0.2, 0.25) is 5.56 Å². The highest BCUT2D eigenvalue weighted by Crippen LogP contribution is 2.26. The predicted octanol–water partition coefficient (Wildman–Crippen LogP) is 3.51. The molecule has 0 saturated heterocycles. The number of benzene rings is 2. The number of carbonyl (C=O) groups is 1. The summed E-state index contributed by atoms with van der Waals surface area (Å²) in [5.41, 5.74) is 2.16. The van der Waals surface area contributed by atoms with Crippen LogP contribution in [0.2, 0.25) is 0 Å². The van der Waals surface area contributed by atoms with E-state index in [1.165, 1.54) is 0 Å². The van der Waals surface area contributed by atoms with E-state index in [1.54, 1.807) is 31.4 Å². The lowest BCUT2D eigenvalue weighted by Crippen LogP contribution is -2.20. The summed E-state index contributed by atoms with van der Waals surface area (Å²) in [6.45, 7) is 1.92. The normalized spacial score (nSPS) is 10.6. The summed E-state index contributed by atoms with van der Waals surface area (Å²) in [5.74, 6) is 0.770. The minimum Gasteiger partial charge on any atom is -0.493 e. The highest BCUT2D eigenvalue weighted by atomic mass is 16.5. The lowest BCUT2D eigenvalue weighted by atomic mass is 10.0. The number of rotatable bonds is 7. The highest BCUT2D eigenvalue weighted by Gasteiger charge is 2.09. The third kappa shape index (κ3) is 4.47. The largest absolute Gasteiger partial charge is 0.493 e. The van der Waals surface area contributed by atoms with Crippen LogP contribution in [-0.2, 0) is 11.2 Å². The molecule has 0 spiro atoms. The Balaban J connectivity index is 1.72. The van der Waals surface area contributed by atoms with Gasteiger partial charge in [-0.15, -0.1) is 0 Å². The molecule has 0 radical (unpaired) electrons. The van der Waals surface area contributed by atoms with Gasteiger partial charge in [-0.1, -0.05) is 31.5 Å². The van der Waals surface area contributed by atoms with Crippen molar-refractivity contribution < 1.29 is 14.3 Å². The number of aryl methyl sites for hydroxylation is 1. The Labute approximate surface area is 157 Å². The van der Waals surface area contributed by atoms with Crippen molar-refractivity contribution in [2.24, 2.45) is 0 Å². The Morgan fingerprint density at radius 1 is 1.11 bits per heavy atom. The Morgan fingerprint density at radius 2 is 1.89 bits per heavy atom. The fourth-order valence-electron chi connectivity index (χ4n) is 2.96. The van der Waals surface area contributed by atoms with Crippen LogP contribution in [0.25, 0.3) is 10.9 Å². The smallest absolute Gasteiger partial charge is 0.262 e. The zero-order chi connectivity index (χ0) is 19.2. The Morgan fingerprint density at radius 3 is 2.63 bits per heavy atom. The molecule has 0 bridgehead atoms.